The van der Waals surface area contributed by atoms with E-state index in [-0.39, 0.29) is 6.04 Å². The zero-order valence-corrected chi connectivity index (χ0v) is 10.3. The van der Waals surface area contributed by atoms with Crippen LogP contribution in [0.4, 0.5) is 0 Å². The lowest BCUT2D eigenvalue weighted by molar-refractivity contribution is 0.122. The van der Waals surface area contributed by atoms with E-state index >= 15 is 0 Å². The highest BCUT2D eigenvalue weighted by molar-refractivity contribution is 7.17. The minimum atomic E-state index is -0.0195. The number of hydrogen-bond donors (Lipinski definition) is 1. The van der Waals surface area contributed by atoms with Crippen molar-refractivity contribution in [2.24, 2.45) is 5.73 Å². The molecule has 2 nitrogen and oxygen atoms in total. The first-order valence-corrected chi connectivity index (χ1v) is 6.50. The largest absolute Gasteiger partial charge is 0.379 e. The number of nitrogens with two attached hydrogens (primary N) is 1. The van der Waals surface area contributed by atoms with Crippen molar-refractivity contribution in [3.63, 3.8) is 0 Å². The van der Waals surface area contributed by atoms with Crippen molar-refractivity contribution in [2.45, 2.75) is 19.4 Å². The Morgan fingerprint density at radius 1 is 1.38 bits per heavy atom. The molecule has 0 spiro atoms. The average molecular weight is 235 g/mol. The summed E-state index contributed by atoms with van der Waals surface area (Å²) in [5.41, 5.74) is 7.34. The quantitative estimate of drug-likeness (QED) is 0.807. The van der Waals surface area contributed by atoms with Crippen LogP contribution < -0.4 is 5.73 Å². The van der Waals surface area contributed by atoms with E-state index in [1.807, 2.05) is 0 Å². The van der Waals surface area contributed by atoms with Gasteiger partial charge < -0.3 is 10.5 Å². The van der Waals surface area contributed by atoms with E-state index in [1.165, 1.54) is 15.6 Å². The van der Waals surface area contributed by atoms with Gasteiger partial charge in [0.25, 0.3) is 0 Å². The van der Waals surface area contributed by atoms with Crippen LogP contribution in [0.3, 0.4) is 0 Å². The summed E-state index contributed by atoms with van der Waals surface area (Å²) < 4.78 is 6.79. The molecule has 2 aromatic rings. The summed E-state index contributed by atoms with van der Waals surface area (Å²) in [4.78, 5) is 0. The monoisotopic (exact) mass is 235 g/mol. The van der Waals surface area contributed by atoms with Gasteiger partial charge in [-0.05, 0) is 28.8 Å². The van der Waals surface area contributed by atoms with E-state index in [4.69, 9.17) is 10.5 Å². The van der Waals surface area contributed by atoms with Crippen molar-refractivity contribution < 1.29 is 4.74 Å². The molecule has 0 aliphatic rings. The van der Waals surface area contributed by atoms with Crippen LogP contribution in [0.15, 0.2) is 29.6 Å². The van der Waals surface area contributed by atoms with E-state index < -0.39 is 0 Å². The van der Waals surface area contributed by atoms with Crippen LogP contribution in [0.1, 0.15) is 24.9 Å². The highest BCUT2D eigenvalue weighted by Gasteiger charge is 2.10. The van der Waals surface area contributed by atoms with Crippen molar-refractivity contribution in [2.75, 3.05) is 13.2 Å². The van der Waals surface area contributed by atoms with Crippen LogP contribution in [0.5, 0.6) is 0 Å². The molecule has 0 saturated carbocycles. The average Bonchev–Trinajstić information content (AvgIpc) is 2.76. The van der Waals surface area contributed by atoms with Gasteiger partial charge in [0.15, 0.2) is 0 Å². The van der Waals surface area contributed by atoms with Gasteiger partial charge in [-0.1, -0.05) is 25.1 Å². The summed E-state index contributed by atoms with van der Waals surface area (Å²) in [6.07, 6.45) is 1.04. The second-order valence-corrected chi connectivity index (χ2v) is 4.78. The fourth-order valence-electron chi connectivity index (χ4n) is 1.75. The lowest BCUT2D eigenvalue weighted by atomic mass is 10.1. The molecule has 86 valence electrons. The molecular formula is C13H17NOS. The minimum Gasteiger partial charge on any atom is -0.379 e. The molecule has 1 atom stereocenters. The molecule has 0 bridgehead atoms. The zero-order valence-electron chi connectivity index (χ0n) is 9.48. The third-order valence-electron chi connectivity index (χ3n) is 2.55. The van der Waals surface area contributed by atoms with Gasteiger partial charge in [0.1, 0.15) is 0 Å². The molecule has 0 amide bonds. The Labute approximate surface area is 100 Å². The fraction of sp³-hybridized carbons (Fsp3) is 0.385. The number of hydrogen-bond acceptors (Lipinski definition) is 3. The van der Waals surface area contributed by atoms with Gasteiger partial charge in [0.05, 0.1) is 12.6 Å². The van der Waals surface area contributed by atoms with Gasteiger partial charge in [-0.25, -0.2) is 0 Å². The highest BCUT2D eigenvalue weighted by Crippen LogP contribution is 2.28. The molecule has 1 aromatic heterocycles. The van der Waals surface area contributed by atoms with Crippen molar-refractivity contribution in [3.8, 4) is 0 Å². The molecule has 1 heterocycles. The molecule has 2 N–H and O–H groups in total. The Kier molecular flexibility index (Phi) is 3.93. The van der Waals surface area contributed by atoms with Crippen LogP contribution >= 0.6 is 11.3 Å². The summed E-state index contributed by atoms with van der Waals surface area (Å²) in [7, 11) is 0. The van der Waals surface area contributed by atoms with Crippen molar-refractivity contribution >= 4 is 21.4 Å². The number of rotatable bonds is 5. The van der Waals surface area contributed by atoms with Crippen LogP contribution in [-0.2, 0) is 4.74 Å². The third kappa shape index (κ3) is 2.43. The predicted octanol–water partition coefficient (Wildman–Crippen LogP) is 3.33. The third-order valence-corrected chi connectivity index (χ3v) is 3.53. The molecule has 3 heteroatoms. The van der Waals surface area contributed by atoms with E-state index in [2.05, 4.69) is 36.6 Å². The topological polar surface area (TPSA) is 35.2 Å². The maximum Gasteiger partial charge on any atom is 0.0659 e. The Hall–Kier alpha value is -0.900. The Morgan fingerprint density at radius 3 is 3.06 bits per heavy atom. The summed E-state index contributed by atoms with van der Waals surface area (Å²) in [6, 6.07) is 8.38. The first-order chi connectivity index (χ1) is 7.83. The second-order valence-electron chi connectivity index (χ2n) is 3.87. The van der Waals surface area contributed by atoms with Crippen molar-refractivity contribution in [1.29, 1.82) is 0 Å². The molecule has 16 heavy (non-hydrogen) atoms. The van der Waals surface area contributed by atoms with Crippen LogP contribution in [-0.4, -0.2) is 13.2 Å². The van der Waals surface area contributed by atoms with E-state index in [9.17, 15) is 0 Å². The van der Waals surface area contributed by atoms with Crippen LogP contribution in [0, 0.1) is 0 Å². The molecule has 1 aromatic carbocycles. The summed E-state index contributed by atoms with van der Waals surface area (Å²) in [5.74, 6) is 0. The fourth-order valence-corrected chi connectivity index (χ4v) is 2.73. The molecule has 0 fully saturated rings. The summed E-state index contributed by atoms with van der Waals surface area (Å²) in [5, 5.41) is 3.38. The Morgan fingerprint density at radius 2 is 2.25 bits per heavy atom. The van der Waals surface area contributed by atoms with Crippen LogP contribution in [0.2, 0.25) is 0 Å². The molecule has 2 rings (SSSR count). The van der Waals surface area contributed by atoms with Gasteiger partial charge in [-0.3, -0.25) is 0 Å². The molecule has 0 aliphatic heterocycles. The smallest absolute Gasteiger partial charge is 0.0659 e. The standard InChI is InChI=1S/C13H17NOS/c1-2-7-15-9-12(14)11-5-3-4-10-6-8-16-13(10)11/h3-6,8,12H,2,7,9,14H2,1H3. The zero-order chi connectivity index (χ0) is 11.4. The normalized spacial score (nSPS) is 13.1. The molecule has 1 unspecified atom stereocenters. The number of ether oxygens (including phenoxy) is 1. The maximum atomic E-state index is 6.14. The molecule has 0 saturated heterocycles. The van der Waals surface area contributed by atoms with Gasteiger partial charge in [0, 0.05) is 11.3 Å². The van der Waals surface area contributed by atoms with Gasteiger partial charge >= 0.3 is 0 Å². The Bertz CT molecular complexity index is 452. The number of benzene rings is 1. The summed E-state index contributed by atoms with van der Waals surface area (Å²) >= 11 is 1.75. The minimum absolute atomic E-state index is 0.0195. The van der Waals surface area contributed by atoms with Gasteiger partial charge in [-0.15, -0.1) is 11.3 Å². The van der Waals surface area contributed by atoms with E-state index in [0.717, 1.165) is 13.0 Å². The van der Waals surface area contributed by atoms with E-state index in [0.29, 0.717) is 6.61 Å². The highest BCUT2D eigenvalue weighted by atomic mass is 32.1. The lowest BCUT2D eigenvalue weighted by Gasteiger charge is -2.13. The van der Waals surface area contributed by atoms with E-state index in [1.54, 1.807) is 11.3 Å². The second kappa shape index (κ2) is 5.43. The Balaban J connectivity index is 2.15. The SMILES string of the molecule is CCCOCC(N)c1cccc2ccsc12. The van der Waals surface area contributed by atoms with Crippen LogP contribution in [0.25, 0.3) is 10.1 Å². The first-order valence-electron chi connectivity index (χ1n) is 5.62. The molecular weight excluding hydrogens is 218 g/mol. The number of fused-ring (bicyclic) bond motifs is 1. The van der Waals surface area contributed by atoms with Gasteiger partial charge in [0.2, 0.25) is 0 Å². The lowest BCUT2D eigenvalue weighted by Crippen LogP contribution is -2.17. The molecule has 0 radical (unpaired) electrons. The maximum absolute atomic E-state index is 6.14. The summed E-state index contributed by atoms with van der Waals surface area (Å²) in [6.45, 7) is 3.49. The predicted molar refractivity (Wildman–Crippen MR) is 69.9 cm³/mol. The van der Waals surface area contributed by atoms with Crippen molar-refractivity contribution in [1.82, 2.24) is 0 Å². The van der Waals surface area contributed by atoms with Gasteiger partial charge in [-0.2, -0.15) is 0 Å². The van der Waals surface area contributed by atoms with Crippen molar-refractivity contribution in [3.05, 3.63) is 35.2 Å². The molecule has 0 aliphatic carbocycles. The number of thiophene rings is 1. The first kappa shape index (κ1) is 11.6.